The first-order valence-electron chi connectivity index (χ1n) is 10.4. The van der Waals surface area contributed by atoms with Crippen LogP contribution in [0.25, 0.3) is 0 Å². The zero-order valence-corrected chi connectivity index (χ0v) is 17.7. The lowest BCUT2D eigenvalue weighted by atomic mass is 10.1. The highest BCUT2D eigenvalue weighted by Crippen LogP contribution is 2.11. The van der Waals surface area contributed by atoms with Crippen molar-refractivity contribution in [3.05, 3.63) is 47.0 Å². The Bertz CT molecular complexity index is 581. The summed E-state index contributed by atoms with van der Waals surface area (Å²) in [5.74, 6) is -1.09. The molecule has 5 heteroatoms. The zero-order chi connectivity index (χ0) is 20.5. The van der Waals surface area contributed by atoms with Crippen LogP contribution in [-0.2, 0) is 25.7 Å². The van der Waals surface area contributed by atoms with E-state index in [0.29, 0.717) is 11.6 Å². The number of esters is 2. The molecule has 0 saturated heterocycles. The first-order chi connectivity index (χ1) is 13.6. The molecule has 0 bridgehead atoms. The second kappa shape index (κ2) is 16.2. The van der Waals surface area contributed by atoms with Gasteiger partial charge in [-0.05, 0) is 24.1 Å². The highest BCUT2D eigenvalue weighted by molar-refractivity contribution is 6.30. The molecule has 0 atom stereocenters. The third kappa shape index (κ3) is 13.4. The number of ether oxygens (including phenoxy) is 2. The molecule has 0 aromatic heterocycles. The Morgan fingerprint density at radius 3 is 1.86 bits per heavy atom. The fraction of sp³-hybridized carbons (Fsp3) is 0.565. The maximum absolute atomic E-state index is 11.6. The molecule has 1 aromatic rings. The summed E-state index contributed by atoms with van der Waals surface area (Å²) < 4.78 is 10.1. The molecule has 0 radical (unpaired) electrons. The monoisotopic (exact) mass is 408 g/mol. The Hall–Kier alpha value is -1.81. The van der Waals surface area contributed by atoms with E-state index in [0.717, 1.165) is 30.6 Å². The number of carbonyl (C=O) groups excluding carboxylic acids is 2. The Morgan fingerprint density at radius 1 is 0.786 bits per heavy atom. The van der Waals surface area contributed by atoms with Crippen LogP contribution in [-0.4, -0.2) is 18.5 Å². The normalized spacial score (nSPS) is 10.9. The Labute approximate surface area is 174 Å². The SMILES string of the molecule is CCCCCCCCCCCCOC(=O)/C=C/C(=O)OCc1ccc(Cl)cc1. The van der Waals surface area contributed by atoms with Crippen LogP contribution >= 0.6 is 11.6 Å². The van der Waals surface area contributed by atoms with Gasteiger partial charge in [0.15, 0.2) is 0 Å². The third-order valence-corrected chi connectivity index (χ3v) is 4.64. The van der Waals surface area contributed by atoms with E-state index in [4.69, 9.17) is 21.1 Å². The molecule has 0 aliphatic rings. The molecule has 156 valence electrons. The predicted octanol–water partition coefficient (Wildman–Crippen LogP) is 6.40. The van der Waals surface area contributed by atoms with E-state index in [1.807, 2.05) is 0 Å². The molecule has 0 aliphatic carbocycles. The number of halogens is 1. The third-order valence-electron chi connectivity index (χ3n) is 4.39. The molecular weight excluding hydrogens is 376 g/mol. The highest BCUT2D eigenvalue weighted by Gasteiger charge is 2.02. The topological polar surface area (TPSA) is 52.6 Å². The molecule has 0 saturated carbocycles. The van der Waals surface area contributed by atoms with Gasteiger partial charge in [-0.15, -0.1) is 0 Å². The van der Waals surface area contributed by atoms with Gasteiger partial charge >= 0.3 is 11.9 Å². The summed E-state index contributed by atoms with van der Waals surface area (Å²) in [6, 6.07) is 7.01. The van der Waals surface area contributed by atoms with Crippen LogP contribution in [0.3, 0.4) is 0 Å². The maximum Gasteiger partial charge on any atom is 0.331 e. The molecule has 0 heterocycles. The lowest BCUT2D eigenvalue weighted by Crippen LogP contribution is -2.05. The van der Waals surface area contributed by atoms with Crippen LogP contribution in [0.5, 0.6) is 0 Å². The van der Waals surface area contributed by atoms with Crippen molar-refractivity contribution in [2.45, 2.75) is 77.7 Å². The average molecular weight is 409 g/mol. The summed E-state index contributed by atoms with van der Waals surface area (Å²) in [6.45, 7) is 2.75. The molecule has 1 aromatic carbocycles. The standard InChI is InChI=1S/C23H33ClO4/c1-2-3-4-5-6-7-8-9-10-11-18-27-22(25)16-17-23(26)28-19-20-12-14-21(24)15-13-20/h12-17H,2-11,18-19H2,1H3/b17-16+. The molecule has 1 rings (SSSR count). The summed E-state index contributed by atoms with van der Waals surface area (Å²) in [7, 11) is 0. The lowest BCUT2D eigenvalue weighted by Gasteiger charge is -2.04. The number of rotatable bonds is 15. The molecule has 0 amide bonds. The summed E-state index contributed by atoms with van der Waals surface area (Å²) >= 11 is 5.79. The van der Waals surface area contributed by atoms with Crippen LogP contribution in [0.1, 0.15) is 76.7 Å². The molecule has 0 N–H and O–H groups in total. The van der Waals surface area contributed by atoms with Crippen LogP contribution < -0.4 is 0 Å². The minimum Gasteiger partial charge on any atom is -0.463 e. The van der Waals surface area contributed by atoms with Crippen LogP contribution in [0.15, 0.2) is 36.4 Å². The van der Waals surface area contributed by atoms with Crippen molar-refractivity contribution >= 4 is 23.5 Å². The number of hydrogen-bond acceptors (Lipinski definition) is 4. The number of benzene rings is 1. The van der Waals surface area contributed by atoms with Crippen molar-refractivity contribution in [1.82, 2.24) is 0 Å². The Morgan fingerprint density at radius 2 is 1.29 bits per heavy atom. The van der Waals surface area contributed by atoms with E-state index < -0.39 is 11.9 Å². The largest absolute Gasteiger partial charge is 0.463 e. The summed E-state index contributed by atoms with van der Waals surface area (Å²) in [4.78, 5) is 23.2. The van der Waals surface area contributed by atoms with Crippen LogP contribution in [0, 0.1) is 0 Å². The predicted molar refractivity (Wildman–Crippen MR) is 113 cm³/mol. The molecule has 28 heavy (non-hydrogen) atoms. The van der Waals surface area contributed by atoms with E-state index in [2.05, 4.69) is 6.92 Å². The van der Waals surface area contributed by atoms with Crippen molar-refractivity contribution in [3.63, 3.8) is 0 Å². The number of carbonyl (C=O) groups is 2. The second-order valence-electron chi connectivity index (χ2n) is 6.92. The summed E-state index contributed by atoms with van der Waals surface area (Å²) in [6.07, 6.45) is 14.5. The summed E-state index contributed by atoms with van der Waals surface area (Å²) in [5, 5.41) is 0.625. The van der Waals surface area contributed by atoms with Gasteiger partial charge < -0.3 is 9.47 Å². The molecule has 0 fully saturated rings. The minimum absolute atomic E-state index is 0.133. The van der Waals surface area contributed by atoms with Crippen molar-refractivity contribution < 1.29 is 19.1 Å². The van der Waals surface area contributed by atoms with E-state index in [1.165, 1.54) is 51.4 Å². The van der Waals surface area contributed by atoms with Crippen molar-refractivity contribution in [2.75, 3.05) is 6.61 Å². The van der Waals surface area contributed by atoms with Crippen molar-refractivity contribution in [3.8, 4) is 0 Å². The zero-order valence-electron chi connectivity index (χ0n) is 17.0. The average Bonchev–Trinajstić information content (AvgIpc) is 2.70. The maximum atomic E-state index is 11.6. The first-order valence-corrected chi connectivity index (χ1v) is 10.8. The fourth-order valence-electron chi connectivity index (χ4n) is 2.73. The van der Waals surface area contributed by atoms with Gasteiger partial charge in [0, 0.05) is 17.2 Å². The molecule has 0 unspecified atom stereocenters. The number of unbranched alkanes of at least 4 members (excludes halogenated alkanes) is 9. The minimum atomic E-state index is -0.578. The first kappa shape index (κ1) is 24.2. The van der Waals surface area contributed by atoms with Crippen LogP contribution in [0.4, 0.5) is 0 Å². The van der Waals surface area contributed by atoms with Crippen molar-refractivity contribution in [1.29, 1.82) is 0 Å². The van der Waals surface area contributed by atoms with E-state index in [1.54, 1.807) is 24.3 Å². The Kier molecular flexibility index (Phi) is 14.0. The summed E-state index contributed by atoms with van der Waals surface area (Å²) in [5.41, 5.74) is 0.828. The van der Waals surface area contributed by atoms with Gasteiger partial charge in [-0.25, -0.2) is 9.59 Å². The molecular formula is C23H33ClO4. The number of hydrogen-bond donors (Lipinski definition) is 0. The van der Waals surface area contributed by atoms with E-state index >= 15 is 0 Å². The molecule has 0 aliphatic heterocycles. The van der Waals surface area contributed by atoms with Gasteiger partial charge in [0.05, 0.1) is 6.61 Å². The van der Waals surface area contributed by atoms with Gasteiger partial charge in [0.2, 0.25) is 0 Å². The van der Waals surface area contributed by atoms with Gasteiger partial charge in [-0.1, -0.05) is 88.4 Å². The molecule has 4 nitrogen and oxygen atoms in total. The van der Waals surface area contributed by atoms with Crippen molar-refractivity contribution in [2.24, 2.45) is 0 Å². The quantitative estimate of drug-likeness (QED) is 0.191. The van der Waals surface area contributed by atoms with Gasteiger partial charge in [0.1, 0.15) is 6.61 Å². The van der Waals surface area contributed by atoms with Gasteiger partial charge in [-0.3, -0.25) is 0 Å². The van der Waals surface area contributed by atoms with Crippen LogP contribution in [0.2, 0.25) is 5.02 Å². The van der Waals surface area contributed by atoms with Gasteiger partial charge in [-0.2, -0.15) is 0 Å². The smallest absolute Gasteiger partial charge is 0.331 e. The second-order valence-corrected chi connectivity index (χ2v) is 7.35. The lowest BCUT2D eigenvalue weighted by molar-refractivity contribution is -0.141. The van der Waals surface area contributed by atoms with E-state index in [9.17, 15) is 9.59 Å². The van der Waals surface area contributed by atoms with E-state index in [-0.39, 0.29) is 6.61 Å². The fourth-order valence-corrected chi connectivity index (χ4v) is 2.86. The van der Waals surface area contributed by atoms with Gasteiger partial charge in [0.25, 0.3) is 0 Å². The molecule has 0 spiro atoms. The highest BCUT2D eigenvalue weighted by atomic mass is 35.5. The Balaban J connectivity index is 1.99.